The van der Waals surface area contributed by atoms with E-state index in [0.717, 1.165) is 24.5 Å². The van der Waals surface area contributed by atoms with Crippen LogP contribution in [0.3, 0.4) is 0 Å². The van der Waals surface area contributed by atoms with Crippen molar-refractivity contribution < 1.29 is 4.79 Å². The lowest BCUT2D eigenvalue weighted by Crippen LogP contribution is -2.38. The van der Waals surface area contributed by atoms with E-state index in [-0.39, 0.29) is 5.91 Å². The van der Waals surface area contributed by atoms with Gasteiger partial charge in [0.2, 0.25) is 0 Å². The molecule has 0 aromatic carbocycles. The van der Waals surface area contributed by atoms with Crippen molar-refractivity contribution in [1.29, 1.82) is 0 Å². The number of nitrogens with two attached hydrogens (primary N) is 1. The van der Waals surface area contributed by atoms with Crippen LogP contribution in [0.1, 0.15) is 48.7 Å². The smallest absolute Gasteiger partial charge is 0.267 e. The molecule has 1 aromatic rings. The molecule has 1 fully saturated rings. The standard InChI is InChI=1S/C13H22N4OS/c1-3-15-13-16-11(14)10(19-13)12(18)17(2)9-7-5-4-6-8-9/h9H,3-8,14H2,1-2H3,(H,15,16). The second-order valence-electron chi connectivity index (χ2n) is 4.97. The summed E-state index contributed by atoms with van der Waals surface area (Å²) in [5.41, 5.74) is 5.85. The molecule has 6 heteroatoms. The van der Waals surface area contributed by atoms with Gasteiger partial charge in [0.15, 0.2) is 5.13 Å². The van der Waals surface area contributed by atoms with Crippen molar-refractivity contribution in [2.24, 2.45) is 0 Å². The fraction of sp³-hybridized carbons (Fsp3) is 0.692. The zero-order chi connectivity index (χ0) is 13.8. The summed E-state index contributed by atoms with van der Waals surface area (Å²) in [5.74, 6) is 0.347. The van der Waals surface area contributed by atoms with E-state index in [2.05, 4.69) is 10.3 Å². The molecule has 1 aliphatic rings. The van der Waals surface area contributed by atoms with Crippen molar-refractivity contribution in [3.63, 3.8) is 0 Å². The molecular weight excluding hydrogens is 260 g/mol. The number of rotatable bonds is 4. The Hall–Kier alpha value is -1.30. The Morgan fingerprint density at radius 3 is 2.79 bits per heavy atom. The van der Waals surface area contributed by atoms with Crippen LogP contribution in [0.2, 0.25) is 0 Å². The van der Waals surface area contributed by atoms with Gasteiger partial charge in [-0.3, -0.25) is 4.79 Å². The second-order valence-corrected chi connectivity index (χ2v) is 5.97. The van der Waals surface area contributed by atoms with Crippen molar-refractivity contribution in [2.45, 2.75) is 45.1 Å². The van der Waals surface area contributed by atoms with Crippen LogP contribution in [0.5, 0.6) is 0 Å². The van der Waals surface area contributed by atoms with Gasteiger partial charge in [0.1, 0.15) is 10.7 Å². The van der Waals surface area contributed by atoms with Crippen molar-refractivity contribution in [3.8, 4) is 0 Å². The molecule has 0 bridgehead atoms. The van der Waals surface area contributed by atoms with Crippen LogP contribution in [0.4, 0.5) is 10.9 Å². The fourth-order valence-electron chi connectivity index (χ4n) is 2.51. The maximum Gasteiger partial charge on any atom is 0.267 e. The van der Waals surface area contributed by atoms with E-state index in [1.54, 1.807) is 0 Å². The third-order valence-electron chi connectivity index (χ3n) is 3.62. The Morgan fingerprint density at radius 1 is 1.47 bits per heavy atom. The van der Waals surface area contributed by atoms with Crippen LogP contribution in [0.25, 0.3) is 0 Å². The first-order chi connectivity index (χ1) is 9.13. The van der Waals surface area contributed by atoms with Crippen molar-refractivity contribution in [2.75, 3.05) is 24.6 Å². The molecule has 1 heterocycles. The maximum absolute atomic E-state index is 12.5. The number of nitrogens with one attached hydrogen (secondary N) is 1. The first-order valence-corrected chi connectivity index (χ1v) is 7.72. The molecule has 106 valence electrons. The molecule has 1 aromatic heterocycles. The highest BCUT2D eigenvalue weighted by molar-refractivity contribution is 7.18. The summed E-state index contributed by atoms with van der Waals surface area (Å²) in [5, 5.41) is 3.82. The molecule has 0 atom stereocenters. The minimum Gasteiger partial charge on any atom is -0.382 e. The Bertz CT molecular complexity index is 440. The predicted octanol–water partition coefficient (Wildman–Crippen LogP) is 2.56. The maximum atomic E-state index is 12.5. The molecule has 1 amide bonds. The minimum absolute atomic E-state index is 0.00560. The fourth-order valence-corrected chi connectivity index (χ4v) is 3.44. The first kappa shape index (κ1) is 14.1. The van der Waals surface area contributed by atoms with E-state index in [1.807, 2.05) is 18.9 Å². The average Bonchev–Trinajstić information content (AvgIpc) is 2.79. The third kappa shape index (κ3) is 3.18. The summed E-state index contributed by atoms with van der Waals surface area (Å²) in [6.07, 6.45) is 5.90. The van der Waals surface area contributed by atoms with Gasteiger partial charge in [0.05, 0.1) is 0 Å². The van der Waals surface area contributed by atoms with Gasteiger partial charge >= 0.3 is 0 Å². The van der Waals surface area contributed by atoms with Crippen LogP contribution in [0.15, 0.2) is 0 Å². The van der Waals surface area contributed by atoms with Gasteiger partial charge in [-0.2, -0.15) is 0 Å². The lowest BCUT2D eigenvalue weighted by molar-refractivity contribution is 0.0702. The largest absolute Gasteiger partial charge is 0.382 e. The van der Waals surface area contributed by atoms with E-state index in [1.165, 1.54) is 30.6 Å². The van der Waals surface area contributed by atoms with Gasteiger partial charge in [-0.05, 0) is 19.8 Å². The number of nitrogen functional groups attached to an aromatic ring is 1. The summed E-state index contributed by atoms with van der Waals surface area (Å²) in [4.78, 5) is 19.1. The number of aromatic nitrogens is 1. The number of hydrogen-bond acceptors (Lipinski definition) is 5. The predicted molar refractivity (Wildman–Crippen MR) is 79.7 cm³/mol. The zero-order valence-electron chi connectivity index (χ0n) is 11.6. The van der Waals surface area contributed by atoms with Gasteiger partial charge in [-0.15, -0.1) is 0 Å². The molecule has 1 saturated carbocycles. The average molecular weight is 282 g/mol. The number of carbonyl (C=O) groups is 1. The molecular formula is C13H22N4OS. The van der Waals surface area contributed by atoms with Gasteiger partial charge in [-0.1, -0.05) is 30.6 Å². The number of carbonyl (C=O) groups excluding carboxylic acids is 1. The minimum atomic E-state index is 0.00560. The van der Waals surface area contributed by atoms with Gasteiger partial charge in [0, 0.05) is 19.6 Å². The lowest BCUT2D eigenvalue weighted by atomic mass is 9.94. The van der Waals surface area contributed by atoms with Crippen LogP contribution >= 0.6 is 11.3 Å². The Kier molecular flexibility index (Phi) is 4.63. The molecule has 0 spiro atoms. The van der Waals surface area contributed by atoms with Crippen LogP contribution in [0, 0.1) is 0 Å². The molecule has 2 rings (SSSR count). The van der Waals surface area contributed by atoms with Crippen molar-refractivity contribution in [3.05, 3.63) is 4.88 Å². The van der Waals surface area contributed by atoms with E-state index in [4.69, 9.17) is 5.73 Å². The van der Waals surface area contributed by atoms with Crippen LogP contribution in [-0.2, 0) is 0 Å². The number of hydrogen-bond donors (Lipinski definition) is 2. The third-order valence-corrected chi connectivity index (χ3v) is 4.64. The summed E-state index contributed by atoms with van der Waals surface area (Å²) in [6.45, 7) is 2.77. The quantitative estimate of drug-likeness (QED) is 0.890. The van der Waals surface area contributed by atoms with Crippen molar-refractivity contribution >= 4 is 28.2 Å². The van der Waals surface area contributed by atoms with Gasteiger partial charge in [-0.25, -0.2) is 4.98 Å². The highest BCUT2D eigenvalue weighted by Crippen LogP contribution is 2.29. The summed E-state index contributed by atoms with van der Waals surface area (Å²) in [7, 11) is 1.88. The highest BCUT2D eigenvalue weighted by atomic mass is 32.1. The van der Waals surface area contributed by atoms with E-state index >= 15 is 0 Å². The second kappa shape index (κ2) is 6.23. The van der Waals surface area contributed by atoms with E-state index < -0.39 is 0 Å². The first-order valence-electron chi connectivity index (χ1n) is 6.90. The SMILES string of the molecule is CCNc1nc(N)c(C(=O)N(C)C2CCCCC2)s1. The number of thiazole rings is 1. The number of anilines is 2. The molecule has 19 heavy (non-hydrogen) atoms. The molecule has 0 radical (unpaired) electrons. The summed E-state index contributed by atoms with van der Waals surface area (Å²) < 4.78 is 0. The Balaban J connectivity index is 2.09. The van der Waals surface area contributed by atoms with Gasteiger partial charge in [0.25, 0.3) is 5.91 Å². The number of nitrogens with zero attached hydrogens (tertiary/aromatic N) is 2. The van der Waals surface area contributed by atoms with Crippen LogP contribution in [-0.4, -0.2) is 35.4 Å². The zero-order valence-corrected chi connectivity index (χ0v) is 12.4. The molecule has 3 N–H and O–H groups in total. The highest BCUT2D eigenvalue weighted by Gasteiger charge is 2.26. The van der Waals surface area contributed by atoms with Gasteiger partial charge < -0.3 is 16.0 Å². The Morgan fingerprint density at radius 2 is 2.16 bits per heavy atom. The normalized spacial score (nSPS) is 16.3. The van der Waals surface area contributed by atoms with E-state index in [9.17, 15) is 4.79 Å². The topological polar surface area (TPSA) is 71.2 Å². The number of amides is 1. The monoisotopic (exact) mass is 282 g/mol. The van der Waals surface area contributed by atoms with Crippen molar-refractivity contribution in [1.82, 2.24) is 9.88 Å². The molecule has 0 unspecified atom stereocenters. The summed E-state index contributed by atoms with van der Waals surface area (Å²) >= 11 is 1.35. The molecule has 0 aliphatic heterocycles. The molecule has 0 saturated heterocycles. The van der Waals surface area contributed by atoms with E-state index in [0.29, 0.717) is 16.7 Å². The summed E-state index contributed by atoms with van der Waals surface area (Å²) in [6, 6.07) is 0.352. The lowest BCUT2D eigenvalue weighted by Gasteiger charge is -2.30. The molecule has 5 nitrogen and oxygen atoms in total. The van der Waals surface area contributed by atoms with Crippen LogP contribution < -0.4 is 11.1 Å². The Labute approximate surface area is 118 Å². The molecule has 1 aliphatic carbocycles.